The SMILES string of the molecule is CCOc1cc(OCC)c(OCC)cc1C=C1SC(=S)N(CCCC(=O)O)C1=O. The summed E-state index contributed by atoms with van der Waals surface area (Å²) in [5.74, 6) is 0.595. The Morgan fingerprint density at radius 3 is 2.28 bits per heavy atom. The van der Waals surface area contributed by atoms with E-state index in [1.807, 2.05) is 20.8 Å². The van der Waals surface area contributed by atoms with E-state index in [-0.39, 0.29) is 18.9 Å². The lowest BCUT2D eigenvalue weighted by atomic mass is 10.1. The van der Waals surface area contributed by atoms with Crippen LogP contribution >= 0.6 is 24.0 Å². The van der Waals surface area contributed by atoms with Crippen molar-refractivity contribution in [1.82, 2.24) is 4.90 Å². The molecule has 0 unspecified atom stereocenters. The van der Waals surface area contributed by atoms with Gasteiger partial charge in [-0.1, -0.05) is 24.0 Å². The highest BCUT2D eigenvalue weighted by Gasteiger charge is 2.32. The first-order valence-electron chi connectivity index (χ1n) is 9.44. The summed E-state index contributed by atoms with van der Waals surface area (Å²) in [6.07, 6.45) is 2.05. The molecule has 1 aliphatic heterocycles. The molecule has 2 rings (SSSR count). The molecule has 0 saturated carbocycles. The molecule has 0 atom stereocenters. The van der Waals surface area contributed by atoms with Gasteiger partial charge in [0.2, 0.25) is 0 Å². The van der Waals surface area contributed by atoms with Crippen molar-refractivity contribution >= 4 is 46.3 Å². The number of ether oxygens (including phenoxy) is 3. The monoisotopic (exact) mass is 439 g/mol. The average Bonchev–Trinajstić information content (AvgIpc) is 2.92. The van der Waals surface area contributed by atoms with Crippen LogP contribution in [0.2, 0.25) is 0 Å². The van der Waals surface area contributed by atoms with Crippen LogP contribution in [0.15, 0.2) is 17.0 Å². The van der Waals surface area contributed by atoms with E-state index in [0.717, 1.165) is 0 Å². The first-order chi connectivity index (χ1) is 13.9. The van der Waals surface area contributed by atoms with E-state index < -0.39 is 5.97 Å². The standard InChI is InChI=1S/C20H25NO6S2/c1-4-25-14-12-16(27-6-3)15(26-5-2)10-13(14)11-17-19(24)21(20(28)29-17)9-7-8-18(22)23/h10-12H,4-9H2,1-3H3,(H,22,23). The molecule has 0 spiro atoms. The van der Waals surface area contributed by atoms with Crippen LogP contribution in [-0.4, -0.2) is 52.6 Å². The number of benzene rings is 1. The van der Waals surface area contributed by atoms with Gasteiger partial charge in [-0.2, -0.15) is 0 Å². The van der Waals surface area contributed by atoms with E-state index in [1.54, 1.807) is 18.2 Å². The molecule has 1 saturated heterocycles. The zero-order chi connectivity index (χ0) is 21.4. The molecular weight excluding hydrogens is 414 g/mol. The molecule has 158 valence electrons. The van der Waals surface area contributed by atoms with Gasteiger partial charge < -0.3 is 19.3 Å². The first-order valence-corrected chi connectivity index (χ1v) is 10.7. The van der Waals surface area contributed by atoms with Crippen molar-refractivity contribution in [2.45, 2.75) is 33.6 Å². The Bertz CT molecular complexity index is 808. The Hall–Kier alpha value is -2.26. The zero-order valence-electron chi connectivity index (χ0n) is 16.7. The van der Waals surface area contributed by atoms with Crippen LogP contribution in [0.5, 0.6) is 17.2 Å². The zero-order valence-corrected chi connectivity index (χ0v) is 18.4. The molecule has 1 N–H and O–H groups in total. The van der Waals surface area contributed by atoms with Crippen molar-refractivity contribution in [2.75, 3.05) is 26.4 Å². The lowest BCUT2D eigenvalue weighted by Crippen LogP contribution is -2.29. The van der Waals surface area contributed by atoms with Gasteiger partial charge >= 0.3 is 5.97 Å². The Morgan fingerprint density at radius 1 is 1.10 bits per heavy atom. The van der Waals surface area contributed by atoms with E-state index in [9.17, 15) is 9.59 Å². The normalized spacial score (nSPS) is 15.1. The maximum atomic E-state index is 12.8. The molecule has 0 aromatic heterocycles. The van der Waals surface area contributed by atoms with E-state index in [1.165, 1.54) is 16.7 Å². The molecule has 1 aromatic rings. The number of aliphatic carboxylic acids is 1. The van der Waals surface area contributed by atoms with Gasteiger partial charge in [-0.3, -0.25) is 14.5 Å². The summed E-state index contributed by atoms with van der Waals surface area (Å²) in [6, 6.07) is 3.55. The number of carboxylic acids is 1. The summed E-state index contributed by atoms with van der Waals surface area (Å²) >= 11 is 6.49. The lowest BCUT2D eigenvalue weighted by molar-refractivity contribution is -0.137. The van der Waals surface area contributed by atoms with Gasteiger partial charge in [0, 0.05) is 24.6 Å². The number of thioether (sulfide) groups is 1. The topological polar surface area (TPSA) is 85.3 Å². The minimum absolute atomic E-state index is 0.0127. The quantitative estimate of drug-likeness (QED) is 0.410. The predicted molar refractivity (Wildman–Crippen MR) is 117 cm³/mol. The van der Waals surface area contributed by atoms with Crippen molar-refractivity contribution in [3.8, 4) is 17.2 Å². The molecule has 1 heterocycles. The van der Waals surface area contributed by atoms with Crippen LogP contribution in [0.1, 0.15) is 39.2 Å². The summed E-state index contributed by atoms with van der Waals surface area (Å²) in [5.41, 5.74) is 0.685. The van der Waals surface area contributed by atoms with Crippen molar-refractivity contribution in [2.24, 2.45) is 0 Å². The van der Waals surface area contributed by atoms with Crippen LogP contribution in [0, 0.1) is 0 Å². The number of amides is 1. The van der Waals surface area contributed by atoms with Crippen molar-refractivity contribution in [3.63, 3.8) is 0 Å². The molecule has 9 heteroatoms. The molecule has 1 aliphatic rings. The van der Waals surface area contributed by atoms with Crippen molar-refractivity contribution in [3.05, 3.63) is 22.6 Å². The summed E-state index contributed by atoms with van der Waals surface area (Å²) in [6.45, 7) is 7.34. The molecule has 1 aromatic carbocycles. The number of carboxylic acid groups (broad SMARTS) is 1. The summed E-state index contributed by atoms with van der Waals surface area (Å²) in [5, 5.41) is 8.79. The van der Waals surface area contributed by atoms with Crippen molar-refractivity contribution < 1.29 is 28.9 Å². The Labute approximate surface area is 180 Å². The van der Waals surface area contributed by atoms with Crippen LogP contribution in [0.25, 0.3) is 6.08 Å². The summed E-state index contributed by atoms with van der Waals surface area (Å²) in [4.78, 5) is 25.4. The Balaban J connectivity index is 2.33. The molecule has 1 fully saturated rings. The first kappa shape index (κ1) is 23.0. The molecular formula is C20H25NO6S2. The molecule has 0 bridgehead atoms. The van der Waals surface area contributed by atoms with Gasteiger partial charge in [0.25, 0.3) is 5.91 Å². The third-order valence-corrected chi connectivity index (χ3v) is 5.29. The highest BCUT2D eigenvalue weighted by atomic mass is 32.2. The summed E-state index contributed by atoms with van der Waals surface area (Å²) in [7, 11) is 0. The second kappa shape index (κ2) is 11.1. The van der Waals surface area contributed by atoms with E-state index in [4.69, 9.17) is 31.5 Å². The smallest absolute Gasteiger partial charge is 0.303 e. The minimum Gasteiger partial charge on any atom is -0.493 e. The van der Waals surface area contributed by atoms with Gasteiger partial charge in [0.05, 0.1) is 24.7 Å². The van der Waals surface area contributed by atoms with E-state index in [2.05, 4.69) is 0 Å². The minimum atomic E-state index is -0.898. The number of hydrogen-bond acceptors (Lipinski definition) is 7. The molecule has 0 radical (unpaired) electrons. The maximum Gasteiger partial charge on any atom is 0.303 e. The van der Waals surface area contributed by atoms with Gasteiger partial charge in [-0.25, -0.2) is 0 Å². The van der Waals surface area contributed by atoms with E-state index in [0.29, 0.717) is 58.3 Å². The van der Waals surface area contributed by atoms with Gasteiger partial charge in [-0.05, 0) is 39.3 Å². The maximum absolute atomic E-state index is 12.8. The number of carbonyl (C=O) groups is 2. The second-order valence-corrected chi connectivity index (χ2v) is 7.64. The van der Waals surface area contributed by atoms with Crippen molar-refractivity contribution in [1.29, 1.82) is 0 Å². The molecule has 29 heavy (non-hydrogen) atoms. The number of rotatable bonds is 11. The van der Waals surface area contributed by atoms with Gasteiger partial charge in [0.15, 0.2) is 11.5 Å². The third-order valence-electron chi connectivity index (χ3n) is 3.91. The Morgan fingerprint density at radius 2 is 1.69 bits per heavy atom. The van der Waals surface area contributed by atoms with Crippen LogP contribution in [0.4, 0.5) is 0 Å². The molecule has 7 nitrogen and oxygen atoms in total. The van der Waals surface area contributed by atoms with Gasteiger partial charge in [-0.15, -0.1) is 0 Å². The molecule has 1 amide bonds. The Kier molecular flexibility index (Phi) is 8.78. The average molecular weight is 440 g/mol. The lowest BCUT2D eigenvalue weighted by Gasteiger charge is -2.15. The second-order valence-electron chi connectivity index (χ2n) is 5.97. The number of hydrogen-bond donors (Lipinski definition) is 1. The number of thiocarbonyl (C=S) groups is 1. The largest absolute Gasteiger partial charge is 0.493 e. The number of carbonyl (C=O) groups excluding carboxylic acids is 1. The van der Waals surface area contributed by atoms with E-state index >= 15 is 0 Å². The van der Waals surface area contributed by atoms with Gasteiger partial charge in [0.1, 0.15) is 10.1 Å². The highest BCUT2D eigenvalue weighted by molar-refractivity contribution is 8.26. The third kappa shape index (κ3) is 6.11. The number of nitrogens with zero attached hydrogens (tertiary/aromatic N) is 1. The fourth-order valence-electron chi connectivity index (χ4n) is 2.71. The fourth-order valence-corrected chi connectivity index (χ4v) is 4.01. The fraction of sp³-hybridized carbons (Fsp3) is 0.450. The highest BCUT2D eigenvalue weighted by Crippen LogP contribution is 2.39. The van der Waals surface area contributed by atoms with Crippen LogP contribution < -0.4 is 14.2 Å². The van der Waals surface area contributed by atoms with Crippen LogP contribution in [0.3, 0.4) is 0 Å². The predicted octanol–water partition coefficient (Wildman–Crippen LogP) is 3.95. The summed E-state index contributed by atoms with van der Waals surface area (Å²) < 4.78 is 17.5. The molecule has 0 aliphatic carbocycles. The van der Waals surface area contributed by atoms with Crippen LogP contribution in [-0.2, 0) is 9.59 Å².